The third kappa shape index (κ3) is 6.11. The molecule has 1 aliphatic rings. The smallest absolute Gasteiger partial charge is 0.229 e. The van der Waals surface area contributed by atoms with Crippen LogP contribution in [0, 0.1) is 0 Å². The summed E-state index contributed by atoms with van der Waals surface area (Å²) in [6, 6.07) is 14.9. The number of methoxy groups -OCH3 is 1. The fourth-order valence-electron chi connectivity index (χ4n) is 3.85. The van der Waals surface area contributed by atoms with Gasteiger partial charge in [-0.05, 0) is 67.7 Å². The standard InChI is InChI=1S/C23H28N6O3S/c1-32-21-15-17(16-9-12-24-13-10-16)7-8-20(21)27-23-25-14-11-22(28-23)26-18-5-3-4-6-19(18)29-33(2,30)31/h3-8,11,14-16,24,29H,9-10,12-13H2,1-2H3,(H2,25,26,27,28). The Morgan fingerprint density at radius 1 is 1.00 bits per heavy atom. The zero-order chi connectivity index (χ0) is 23.3. The summed E-state index contributed by atoms with van der Waals surface area (Å²) in [5.74, 6) is 2.16. The van der Waals surface area contributed by atoms with Crippen LogP contribution in [0.3, 0.4) is 0 Å². The number of hydrogen-bond acceptors (Lipinski definition) is 8. The van der Waals surface area contributed by atoms with Crippen molar-refractivity contribution in [3.8, 4) is 5.75 Å². The molecule has 174 valence electrons. The molecule has 4 N–H and O–H groups in total. The van der Waals surface area contributed by atoms with E-state index in [1.54, 1.807) is 37.6 Å². The molecule has 4 rings (SSSR count). The molecule has 0 unspecified atom stereocenters. The molecule has 2 heterocycles. The van der Waals surface area contributed by atoms with E-state index in [4.69, 9.17) is 4.74 Å². The van der Waals surface area contributed by atoms with Gasteiger partial charge in [-0.2, -0.15) is 4.98 Å². The molecule has 2 aromatic carbocycles. The molecule has 10 heteroatoms. The molecule has 33 heavy (non-hydrogen) atoms. The van der Waals surface area contributed by atoms with Crippen LogP contribution < -0.4 is 25.4 Å². The van der Waals surface area contributed by atoms with Gasteiger partial charge in [0.2, 0.25) is 16.0 Å². The number of hydrogen-bond donors (Lipinski definition) is 4. The molecule has 0 spiro atoms. The molecule has 0 atom stereocenters. The van der Waals surface area contributed by atoms with E-state index < -0.39 is 10.0 Å². The minimum atomic E-state index is -3.41. The summed E-state index contributed by atoms with van der Waals surface area (Å²) < 4.78 is 31.4. The number of anilines is 5. The summed E-state index contributed by atoms with van der Waals surface area (Å²) in [6.45, 7) is 2.06. The Morgan fingerprint density at radius 3 is 2.48 bits per heavy atom. The predicted molar refractivity (Wildman–Crippen MR) is 131 cm³/mol. The third-order valence-electron chi connectivity index (χ3n) is 5.42. The Labute approximate surface area is 194 Å². The fourth-order valence-corrected chi connectivity index (χ4v) is 4.43. The maximum Gasteiger partial charge on any atom is 0.229 e. The second kappa shape index (κ2) is 10.1. The highest BCUT2D eigenvalue weighted by Crippen LogP contribution is 2.34. The molecule has 0 amide bonds. The van der Waals surface area contributed by atoms with Gasteiger partial charge < -0.3 is 20.7 Å². The molecule has 9 nitrogen and oxygen atoms in total. The van der Waals surface area contributed by atoms with E-state index in [1.165, 1.54) is 5.56 Å². The van der Waals surface area contributed by atoms with E-state index >= 15 is 0 Å². The summed E-state index contributed by atoms with van der Waals surface area (Å²) in [5.41, 5.74) is 3.05. The van der Waals surface area contributed by atoms with Crippen molar-refractivity contribution in [2.75, 3.05) is 41.8 Å². The van der Waals surface area contributed by atoms with E-state index in [-0.39, 0.29) is 0 Å². The lowest BCUT2D eigenvalue weighted by Gasteiger charge is -2.24. The predicted octanol–water partition coefficient (Wildman–Crippen LogP) is 3.81. The van der Waals surface area contributed by atoms with E-state index in [1.807, 2.05) is 12.1 Å². The minimum Gasteiger partial charge on any atom is -0.495 e. The number of sulfonamides is 1. The van der Waals surface area contributed by atoms with Crippen molar-refractivity contribution in [1.29, 1.82) is 0 Å². The van der Waals surface area contributed by atoms with Gasteiger partial charge in [-0.15, -0.1) is 0 Å². The number of nitrogens with one attached hydrogen (secondary N) is 4. The number of aromatic nitrogens is 2. The summed E-state index contributed by atoms with van der Waals surface area (Å²) in [6.07, 6.45) is 4.96. The van der Waals surface area contributed by atoms with Crippen LogP contribution in [-0.4, -0.2) is 44.8 Å². The highest BCUT2D eigenvalue weighted by Gasteiger charge is 2.17. The van der Waals surface area contributed by atoms with Crippen molar-refractivity contribution < 1.29 is 13.2 Å². The lowest BCUT2D eigenvalue weighted by atomic mass is 9.90. The van der Waals surface area contributed by atoms with Crippen LogP contribution in [0.25, 0.3) is 0 Å². The van der Waals surface area contributed by atoms with Crippen LogP contribution in [0.2, 0.25) is 0 Å². The van der Waals surface area contributed by atoms with E-state index in [0.29, 0.717) is 29.1 Å². The Kier molecular flexibility index (Phi) is 6.95. The minimum absolute atomic E-state index is 0.390. The molecule has 1 aliphatic heterocycles. The zero-order valence-electron chi connectivity index (χ0n) is 18.6. The highest BCUT2D eigenvalue weighted by molar-refractivity contribution is 7.92. The topological polar surface area (TPSA) is 117 Å². The van der Waals surface area contributed by atoms with Crippen LogP contribution in [0.5, 0.6) is 5.75 Å². The van der Waals surface area contributed by atoms with Gasteiger partial charge >= 0.3 is 0 Å². The second-order valence-electron chi connectivity index (χ2n) is 7.92. The average Bonchev–Trinajstić information content (AvgIpc) is 2.80. The Hall–Kier alpha value is -3.37. The molecule has 1 aromatic heterocycles. The first-order valence-electron chi connectivity index (χ1n) is 10.7. The van der Waals surface area contributed by atoms with Gasteiger partial charge in [-0.1, -0.05) is 18.2 Å². The van der Waals surface area contributed by atoms with Gasteiger partial charge in [0, 0.05) is 6.20 Å². The van der Waals surface area contributed by atoms with Crippen LogP contribution in [0.1, 0.15) is 24.3 Å². The Morgan fingerprint density at radius 2 is 1.76 bits per heavy atom. The highest BCUT2D eigenvalue weighted by atomic mass is 32.2. The average molecular weight is 469 g/mol. The van der Waals surface area contributed by atoms with Crippen molar-refractivity contribution in [3.63, 3.8) is 0 Å². The van der Waals surface area contributed by atoms with Crippen LogP contribution >= 0.6 is 0 Å². The van der Waals surface area contributed by atoms with Crippen molar-refractivity contribution >= 4 is 38.9 Å². The van der Waals surface area contributed by atoms with Crippen molar-refractivity contribution in [2.24, 2.45) is 0 Å². The number of benzene rings is 2. The lowest BCUT2D eigenvalue weighted by molar-refractivity contribution is 0.413. The van der Waals surface area contributed by atoms with Crippen LogP contribution in [0.15, 0.2) is 54.7 Å². The van der Waals surface area contributed by atoms with Gasteiger partial charge in [-0.25, -0.2) is 13.4 Å². The number of rotatable bonds is 8. The second-order valence-corrected chi connectivity index (χ2v) is 9.67. The molecule has 0 aliphatic carbocycles. The normalized spacial score (nSPS) is 14.5. The summed E-state index contributed by atoms with van der Waals surface area (Å²) in [7, 11) is -1.76. The first kappa shape index (κ1) is 22.8. The van der Waals surface area contributed by atoms with Gasteiger partial charge in [0.05, 0.1) is 30.4 Å². The van der Waals surface area contributed by atoms with E-state index in [2.05, 4.69) is 42.8 Å². The first-order chi connectivity index (χ1) is 15.9. The van der Waals surface area contributed by atoms with Crippen molar-refractivity contribution in [3.05, 3.63) is 60.3 Å². The zero-order valence-corrected chi connectivity index (χ0v) is 19.4. The summed E-state index contributed by atoms with van der Waals surface area (Å²) >= 11 is 0. The summed E-state index contributed by atoms with van der Waals surface area (Å²) in [5, 5.41) is 9.76. The summed E-state index contributed by atoms with van der Waals surface area (Å²) in [4.78, 5) is 8.82. The third-order valence-corrected chi connectivity index (χ3v) is 6.01. The lowest BCUT2D eigenvalue weighted by Crippen LogP contribution is -2.26. The fraction of sp³-hybridized carbons (Fsp3) is 0.304. The van der Waals surface area contributed by atoms with Gasteiger partial charge in [0.25, 0.3) is 0 Å². The number of nitrogens with zero attached hydrogens (tertiary/aromatic N) is 2. The number of para-hydroxylation sites is 2. The van der Waals surface area contributed by atoms with E-state index in [0.717, 1.165) is 43.6 Å². The maximum atomic E-state index is 11.7. The first-order valence-corrected chi connectivity index (χ1v) is 12.6. The van der Waals surface area contributed by atoms with E-state index in [9.17, 15) is 8.42 Å². The van der Waals surface area contributed by atoms with Crippen LogP contribution in [-0.2, 0) is 10.0 Å². The van der Waals surface area contributed by atoms with Crippen molar-refractivity contribution in [2.45, 2.75) is 18.8 Å². The number of ether oxygens (including phenoxy) is 1. The Bertz CT molecular complexity index is 1210. The molecular weight excluding hydrogens is 440 g/mol. The molecular formula is C23H28N6O3S. The molecule has 1 fully saturated rings. The molecule has 0 radical (unpaired) electrons. The monoisotopic (exact) mass is 468 g/mol. The van der Waals surface area contributed by atoms with Crippen molar-refractivity contribution in [1.82, 2.24) is 15.3 Å². The molecule has 0 bridgehead atoms. The maximum absolute atomic E-state index is 11.7. The molecule has 3 aromatic rings. The Balaban J connectivity index is 1.52. The largest absolute Gasteiger partial charge is 0.495 e. The molecule has 1 saturated heterocycles. The molecule has 0 saturated carbocycles. The van der Waals surface area contributed by atoms with Crippen LogP contribution in [0.4, 0.5) is 28.8 Å². The number of piperidine rings is 1. The SMILES string of the molecule is COc1cc(C2CCNCC2)ccc1Nc1nccc(Nc2ccccc2NS(C)(=O)=O)n1. The van der Waals surface area contributed by atoms with Gasteiger partial charge in [0.15, 0.2) is 0 Å². The van der Waals surface area contributed by atoms with Gasteiger partial charge in [-0.3, -0.25) is 4.72 Å². The van der Waals surface area contributed by atoms with Gasteiger partial charge in [0.1, 0.15) is 11.6 Å². The quantitative estimate of drug-likeness (QED) is 0.394.